The Morgan fingerprint density at radius 3 is 2.68 bits per heavy atom. The number of anilines is 1. The molecule has 0 radical (unpaired) electrons. The Kier molecular flexibility index (Phi) is 4.85. The van der Waals surface area contributed by atoms with Crippen molar-refractivity contribution in [1.82, 2.24) is 0 Å². The van der Waals surface area contributed by atoms with E-state index in [1.165, 1.54) is 12.1 Å². The van der Waals surface area contributed by atoms with Gasteiger partial charge in [0.25, 0.3) is 0 Å². The van der Waals surface area contributed by atoms with E-state index in [0.29, 0.717) is 5.69 Å². The molecule has 0 aliphatic heterocycles. The standard InChI is InChI=1S/C13H19FN2O3/c1-13(2,3)19-12(18)16-8-4-5-10(14)9(6-8)11(17)7-15/h4-6,11,17H,7,15H2,1-3H3,(H,16,18)/t11-/m0/s1. The summed E-state index contributed by atoms with van der Waals surface area (Å²) in [4.78, 5) is 11.5. The molecule has 0 fully saturated rings. The van der Waals surface area contributed by atoms with Gasteiger partial charge in [-0.3, -0.25) is 5.32 Å². The molecule has 0 unspecified atom stereocenters. The Morgan fingerprint density at radius 2 is 2.16 bits per heavy atom. The molecule has 0 bridgehead atoms. The van der Waals surface area contributed by atoms with Gasteiger partial charge in [0, 0.05) is 17.8 Å². The number of ether oxygens (including phenoxy) is 1. The van der Waals surface area contributed by atoms with Crippen molar-refractivity contribution in [3.63, 3.8) is 0 Å². The minimum atomic E-state index is -1.11. The minimum absolute atomic E-state index is 0.0380. The first-order chi connectivity index (χ1) is 8.73. The fourth-order valence-electron chi connectivity index (χ4n) is 1.43. The van der Waals surface area contributed by atoms with Gasteiger partial charge in [-0.05, 0) is 39.0 Å². The predicted molar refractivity (Wildman–Crippen MR) is 70.3 cm³/mol. The smallest absolute Gasteiger partial charge is 0.412 e. The van der Waals surface area contributed by atoms with E-state index in [4.69, 9.17) is 10.5 Å². The molecule has 1 aromatic carbocycles. The average Bonchev–Trinajstić information content (AvgIpc) is 2.28. The highest BCUT2D eigenvalue weighted by molar-refractivity contribution is 5.85. The summed E-state index contributed by atoms with van der Waals surface area (Å²) in [6, 6.07) is 3.86. The number of hydrogen-bond acceptors (Lipinski definition) is 4. The fraction of sp³-hybridized carbons (Fsp3) is 0.462. The minimum Gasteiger partial charge on any atom is -0.444 e. The molecular weight excluding hydrogens is 251 g/mol. The highest BCUT2D eigenvalue weighted by Gasteiger charge is 2.17. The average molecular weight is 270 g/mol. The number of carbonyl (C=O) groups excluding carboxylic acids is 1. The lowest BCUT2D eigenvalue weighted by Crippen LogP contribution is -2.27. The van der Waals surface area contributed by atoms with Crippen LogP contribution in [0.25, 0.3) is 0 Å². The normalized spacial score (nSPS) is 12.9. The summed E-state index contributed by atoms with van der Waals surface area (Å²) < 4.78 is 18.5. The number of aliphatic hydroxyl groups excluding tert-OH is 1. The first-order valence-electron chi connectivity index (χ1n) is 5.90. The van der Waals surface area contributed by atoms with Gasteiger partial charge in [0.15, 0.2) is 0 Å². The molecule has 0 spiro atoms. The Labute approximate surface area is 111 Å². The van der Waals surface area contributed by atoms with Crippen LogP contribution in [0.15, 0.2) is 18.2 Å². The lowest BCUT2D eigenvalue weighted by Gasteiger charge is -2.20. The van der Waals surface area contributed by atoms with Crippen molar-refractivity contribution >= 4 is 11.8 Å². The second-order valence-corrected chi connectivity index (χ2v) is 5.11. The molecule has 0 aliphatic rings. The van der Waals surface area contributed by atoms with E-state index in [0.717, 1.165) is 6.07 Å². The summed E-state index contributed by atoms with van der Waals surface area (Å²) in [6.45, 7) is 5.11. The Hall–Kier alpha value is -1.66. The van der Waals surface area contributed by atoms with Crippen molar-refractivity contribution in [3.05, 3.63) is 29.6 Å². The SMILES string of the molecule is CC(C)(C)OC(=O)Nc1ccc(F)c([C@@H](O)CN)c1. The monoisotopic (exact) mass is 270 g/mol. The molecule has 4 N–H and O–H groups in total. The third-order valence-corrected chi connectivity index (χ3v) is 2.22. The van der Waals surface area contributed by atoms with Crippen LogP contribution in [0.3, 0.4) is 0 Å². The molecule has 1 atom stereocenters. The van der Waals surface area contributed by atoms with Gasteiger partial charge >= 0.3 is 6.09 Å². The molecule has 1 amide bonds. The maximum absolute atomic E-state index is 13.5. The molecule has 0 saturated heterocycles. The van der Waals surface area contributed by atoms with Crippen LogP contribution in [-0.4, -0.2) is 23.3 Å². The highest BCUT2D eigenvalue weighted by Crippen LogP contribution is 2.21. The van der Waals surface area contributed by atoms with E-state index >= 15 is 0 Å². The lowest BCUT2D eigenvalue weighted by atomic mass is 10.1. The zero-order chi connectivity index (χ0) is 14.6. The number of rotatable bonds is 3. The van der Waals surface area contributed by atoms with E-state index in [1.807, 2.05) is 0 Å². The van der Waals surface area contributed by atoms with Gasteiger partial charge in [0.2, 0.25) is 0 Å². The number of nitrogens with one attached hydrogen (secondary N) is 1. The van der Waals surface area contributed by atoms with Crippen molar-refractivity contribution in [2.24, 2.45) is 5.73 Å². The molecule has 19 heavy (non-hydrogen) atoms. The molecule has 0 saturated carbocycles. The molecular formula is C13H19FN2O3. The number of benzene rings is 1. The topological polar surface area (TPSA) is 84.6 Å². The van der Waals surface area contributed by atoms with Crippen LogP contribution in [-0.2, 0) is 4.74 Å². The summed E-state index contributed by atoms with van der Waals surface area (Å²) in [5, 5.41) is 12.0. The van der Waals surface area contributed by atoms with Gasteiger partial charge < -0.3 is 15.6 Å². The zero-order valence-corrected chi connectivity index (χ0v) is 11.2. The number of nitrogens with two attached hydrogens (primary N) is 1. The summed E-state index contributed by atoms with van der Waals surface area (Å²) in [6.07, 6.45) is -1.76. The number of aliphatic hydroxyl groups is 1. The molecule has 0 heterocycles. The molecule has 5 nitrogen and oxygen atoms in total. The van der Waals surface area contributed by atoms with E-state index in [1.54, 1.807) is 20.8 Å². The second-order valence-electron chi connectivity index (χ2n) is 5.11. The third-order valence-electron chi connectivity index (χ3n) is 2.22. The van der Waals surface area contributed by atoms with Gasteiger partial charge in [0.1, 0.15) is 11.4 Å². The van der Waals surface area contributed by atoms with E-state index < -0.39 is 23.6 Å². The molecule has 0 aromatic heterocycles. The van der Waals surface area contributed by atoms with Crippen molar-refractivity contribution in [3.8, 4) is 0 Å². The van der Waals surface area contributed by atoms with Crippen LogP contribution in [0.1, 0.15) is 32.4 Å². The largest absolute Gasteiger partial charge is 0.444 e. The van der Waals surface area contributed by atoms with E-state index in [2.05, 4.69) is 5.32 Å². The zero-order valence-electron chi connectivity index (χ0n) is 11.2. The van der Waals surface area contributed by atoms with E-state index in [-0.39, 0.29) is 12.1 Å². The number of amides is 1. The van der Waals surface area contributed by atoms with Gasteiger partial charge in [-0.2, -0.15) is 0 Å². The first-order valence-corrected chi connectivity index (χ1v) is 5.90. The van der Waals surface area contributed by atoms with Crippen molar-refractivity contribution in [1.29, 1.82) is 0 Å². The maximum atomic E-state index is 13.5. The van der Waals surface area contributed by atoms with Crippen LogP contribution >= 0.6 is 0 Å². The molecule has 6 heteroatoms. The van der Waals surface area contributed by atoms with Crippen molar-refractivity contribution in [2.75, 3.05) is 11.9 Å². The van der Waals surface area contributed by atoms with Crippen LogP contribution < -0.4 is 11.1 Å². The maximum Gasteiger partial charge on any atom is 0.412 e. The summed E-state index contributed by atoms with van der Waals surface area (Å²) in [5.74, 6) is -0.576. The molecule has 0 aliphatic carbocycles. The Morgan fingerprint density at radius 1 is 1.53 bits per heavy atom. The fourth-order valence-corrected chi connectivity index (χ4v) is 1.43. The molecule has 106 valence electrons. The number of carbonyl (C=O) groups is 1. The Bertz CT molecular complexity index is 458. The van der Waals surface area contributed by atoms with Crippen molar-refractivity contribution in [2.45, 2.75) is 32.5 Å². The first kappa shape index (κ1) is 15.4. The summed E-state index contributed by atoms with van der Waals surface area (Å²) in [5.41, 5.74) is 5.03. The lowest BCUT2D eigenvalue weighted by molar-refractivity contribution is 0.0636. The van der Waals surface area contributed by atoms with Gasteiger partial charge in [-0.15, -0.1) is 0 Å². The summed E-state index contributed by atoms with van der Waals surface area (Å²) in [7, 11) is 0. The van der Waals surface area contributed by atoms with Crippen LogP contribution in [0.2, 0.25) is 0 Å². The van der Waals surface area contributed by atoms with Gasteiger partial charge in [0.05, 0.1) is 6.10 Å². The van der Waals surface area contributed by atoms with Gasteiger partial charge in [-0.1, -0.05) is 0 Å². The van der Waals surface area contributed by atoms with Crippen LogP contribution in [0.5, 0.6) is 0 Å². The molecule has 1 rings (SSSR count). The number of halogens is 1. The van der Waals surface area contributed by atoms with Crippen molar-refractivity contribution < 1.29 is 19.0 Å². The third kappa shape index (κ3) is 4.84. The van der Waals surface area contributed by atoms with Crippen LogP contribution in [0.4, 0.5) is 14.9 Å². The second kappa shape index (κ2) is 5.99. The van der Waals surface area contributed by atoms with E-state index in [9.17, 15) is 14.3 Å². The Balaban J connectivity index is 2.83. The quantitative estimate of drug-likeness (QED) is 0.785. The summed E-state index contributed by atoms with van der Waals surface area (Å²) >= 11 is 0. The number of hydrogen-bond donors (Lipinski definition) is 3. The molecule has 1 aromatic rings. The highest BCUT2D eigenvalue weighted by atomic mass is 19.1. The predicted octanol–water partition coefficient (Wildman–Crippen LogP) is 2.16. The van der Waals surface area contributed by atoms with Gasteiger partial charge in [-0.25, -0.2) is 9.18 Å². The van der Waals surface area contributed by atoms with Crippen LogP contribution in [0, 0.1) is 5.82 Å².